The number of benzene rings is 3. The first-order valence-electron chi connectivity index (χ1n) is 9.70. The van der Waals surface area contributed by atoms with E-state index in [9.17, 15) is 18.3 Å². The van der Waals surface area contributed by atoms with Crippen LogP contribution in [0.4, 0.5) is 5.69 Å². The second kappa shape index (κ2) is 8.00. The number of phenols is 1. The first-order valence-corrected chi connectivity index (χ1v) is 11.6. The Hall–Kier alpha value is -2.87. The van der Waals surface area contributed by atoms with Crippen LogP contribution in [0.15, 0.2) is 71.6 Å². The molecule has 4 rings (SSSR count). The Morgan fingerprint density at radius 3 is 2.35 bits per heavy atom. The lowest BCUT2D eigenvalue weighted by Gasteiger charge is -2.17. The smallest absolute Gasteiger partial charge is 0.240 e. The van der Waals surface area contributed by atoms with Gasteiger partial charge in [0.2, 0.25) is 15.9 Å². The summed E-state index contributed by atoms with van der Waals surface area (Å²) in [6.45, 7) is 0. The van der Waals surface area contributed by atoms with Crippen LogP contribution in [0.2, 0.25) is 5.02 Å². The predicted molar refractivity (Wildman–Crippen MR) is 127 cm³/mol. The SMILES string of the molecule is CNS(=O)(=O)c1ccc(-c2cccc(NC(=O)C3(c4ccc(O)c(Cl)c4)CC3)c2)cc1.[HH].[HH].[HH]. The van der Waals surface area contributed by atoms with E-state index in [1.54, 1.807) is 42.5 Å². The molecular formula is C23H27ClN2O4S. The summed E-state index contributed by atoms with van der Waals surface area (Å²) >= 11 is 6.03. The Kier molecular flexibility index (Phi) is 5.51. The van der Waals surface area contributed by atoms with Gasteiger partial charge < -0.3 is 10.4 Å². The van der Waals surface area contributed by atoms with Gasteiger partial charge in [-0.2, -0.15) is 0 Å². The summed E-state index contributed by atoms with van der Waals surface area (Å²) in [6, 6.07) is 18.8. The molecule has 0 atom stereocenters. The molecule has 0 aromatic heterocycles. The van der Waals surface area contributed by atoms with E-state index in [-0.39, 0.29) is 25.9 Å². The summed E-state index contributed by atoms with van der Waals surface area (Å²) in [5, 5.41) is 12.9. The summed E-state index contributed by atoms with van der Waals surface area (Å²) in [7, 11) is -2.13. The maximum atomic E-state index is 13.0. The van der Waals surface area contributed by atoms with Crippen LogP contribution in [0, 0.1) is 0 Å². The summed E-state index contributed by atoms with van der Waals surface area (Å²) in [4.78, 5) is 13.2. The van der Waals surface area contributed by atoms with Gasteiger partial charge >= 0.3 is 0 Å². The molecule has 6 nitrogen and oxygen atoms in total. The summed E-state index contributed by atoms with van der Waals surface area (Å²) < 4.78 is 26.1. The van der Waals surface area contributed by atoms with E-state index in [1.165, 1.54) is 13.1 Å². The van der Waals surface area contributed by atoms with Gasteiger partial charge in [0, 0.05) is 9.97 Å². The van der Waals surface area contributed by atoms with Crippen LogP contribution in [-0.2, 0) is 20.2 Å². The molecule has 1 fully saturated rings. The highest BCUT2D eigenvalue weighted by Crippen LogP contribution is 2.50. The zero-order chi connectivity index (χ0) is 22.2. The van der Waals surface area contributed by atoms with E-state index in [0.717, 1.165) is 16.7 Å². The van der Waals surface area contributed by atoms with E-state index in [4.69, 9.17) is 11.6 Å². The molecule has 0 radical (unpaired) electrons. The Bertz CT molecular complexity index is 1270. The maximum Gasteiger partial charge on any atom is 0.240 e. The standard InChI is InChI=1S/C23H21ClN2O4S.3H2/c1-25-31(29,30)19-8-5-15(6-9-19)16-3-2-4-18(13-16)26-22(28)23(11-12-23)17-7-10-21(27)20(24)14-17;;;/h2-10,13-14,25,27H,11-12H2,1H3,(H,26,28);3*1H. The number of amides is 1. The third-order valence-corrected chi connectivity index (χ3v) is 7.30. The summed E-state index contributed by atoms with van der Waals surface area (Å²) in [5.41, 5.74) is 2.47. The number of hydrogen-bond donors (Lipinski definition) is 3. The fourth-order valence-corrected chi connectivity index (χ4v) is 4.46. The van der Waals surface area contributed by atoms with Crippen molar-refractivity contribution in [3.05, 3.63) is 77.3 Å². The lowest BCUT2D eigenvalue weighted by atomic mass is 9.94. The lowest BCUT2D eigenvalue weighted by molar-refractivity contribution is -0.118. The van der Waals surface area contributed by atoms with Gasteiger partial charge in [-0.05, 0) is 73.0 Å². The van der Waals surface area contributed by atoms with Crippen molar-refractivity contribution in [2.24, 2.45) is 0 Å². The third kappa shape index (κ3) is 4.17. The highest BCUT2D eigenvalue weighted by atomic mass is 35.5. The molecule has 3 aromatic rings. The van der Waals surface area contributed by atoms with Crippen LogP contribution in [0.1, 0.15) is 22.7 Å². The van der Waals surface area contributed by atoms with Gasteiger partial charge in [0.05, 0.1) is 15.3 Å². The Morgan fingerprint density at radius 1 is 1.03 bits per heavy atom. The molecule has 1 aliphatic carbocycles. The van der Waals surface area contributed by atoms with Gasteiger partial charge in [0.25, 0.3) is 0 Å². The number of hydrogen-bond acceptors (Lipinski definition) is 4. The van der Waals surface area contributed by atoms with E-state index >= 15 is 0 Å². The fourth-order valence-electron chi connectivity index (χ4n) is 3.55. The number of phenolic OH excluding ortho intramolecular Hbond substituents is 1. The number of halogens is 1. The van der Waals surface area contributed by atoms with Crippen LogP contribution in [0.3, 0.4) is 0 Å². The second-order valence-corrected chi connectivity index (χ2v) is 9.81. The van der Waals surface area contributed by atoms with E-state index in [2.05, 4.69) is 10.0 Å². The van der Waals surface area contributed by atoms with Crippen molar-refractivity contribution >= 4 is 33.2 Å². The number of rotatable bonds is 6. The van der Waals surface area contributed by atoms with E-state index in [1.807, 2.05) is 18.2 Å². The predicted octanol–water partition coefficient (Wildman–Crippen LogP) is 5.03. The molecule has 8 heteroatoms. The minimum Gasteiger partial charge on any atom is -0.506 e. The monoisotopic (exact) mass is 462 g/mol. The van der Waals surface area contributed by atoms with Crippen LogP contribution in [-0.4, -0.2) is 26.5 Å². The molecule has 0 spiro atoms. The highest BCUT2D eigenvalue weighted by Gasteiger charge is 2.51. The number of anilines is 1. The zero-order valence-corrected chi connectivity index (χ0v) is 18.3. The molecule has 0 aliphatic heterocycles. The number of nitrogens with one attached hydrogen (secondary N) is 2. The lowest BCUT2D eigenvalue weighted by Crippen LogP contribution is -2.27. The quantitative estimate of drug-likeness (QED) is 0.478. The number of carbonyl (C=O) groups is 1. The Labute approximate surface area is 190 Å². The van der Waals surface area contributed by atoms with Crippen LogP contribution < -0.4 is 10.0 Å². The average Bonchev–Trinajstić information content (AvgIpc) is 3.58. The van der Waals surface area contributed by atoms with Gasteiger partial charge in [-0.25, -0.2) is 13.1 Å². The third-order valence-electron chi connectivity index (χ3n) is 5.57. The Morgan fingerprint density at radius 2 is 1.74 bits per heavy atom. The fraction of sp³-hybridized carbons (Fsp3) is 0.174. The number of sulfonamides is 1. The van der Waals surface area contributed by atoms with Gasteiger partial charge in [-0.3, -0.25) is 4.79 Å². The molecule has 3 N–H and O–H groups in total. The largest absolute Gasteiger partial charge is 0.506 e. The molecule has 1 saturated carbocycles. The van der Waals surface area contributed by atoms with Gasteiger partial charge in [0.15, 0.2) is 0 Å². The van der Waals surface area contributed by atoms with Gasteiger partial charge in [-0.15, -0.1) is 0 Å². The summed E-state index contributed by atoms with van der Waals surface area (Å²) in [5.74, 6) is -0.135. The first kappa shape index (κ1) is 21.4. The first-order chi connectivity index (χ1) is 14.7. The molecule has 0 heterocycles. The molecule has 3 aromatic carbocycles. The van der Waals surface area contributed by atoms with Crippen LogP contribution in [0.5, 0.6) is 5.75 Å². The van der Waals surface area contributed by atoms with Crippen LogP contribution in [0.25, 0.3) is 11.1 Å². The highest BCUT2D eigenvalue weighted by molar-refractivity contribution is 7.89. The molecule has 1 amide bonds. The molecule has 0 unspecified atom stereocenters. The van der Waals surface area contributed by atoms with Gasteiger partial charge in [0.1, 0.15) is 5.75 Å². The van der Waals surface area contributed by atoms with Crippen molar-refractivity contribution in [1.29, 1.82) is 0 Å². The number of aromatic hydroxyl groups is 1. The molecule has 0 saturated heterocycles. The maximum absolute atomic E-state index is 13.0. The Balaban J connectivity index is 0.00000193. The molecule has 1 aliphatic rings. The normalized spacial score (nSPS) is 14.8. The average molecular weight is 463 g/mol. The van der Waals surface area contributed by atoms with Gasteiger partial charge in [-0.1, -0.05) is 41.9 Å². The minimum absolute atomic E-state index is 0. The van der Waals surface area contributed by atoms with Crippen molar-refractivity contribution in [2.45, 2.75) is 23.2 Å². The van der Waals surface area contributed by atoms with E-state index in [0.29, 0.717) is 18.5 Å². The molecule has 0 bridgehead atoms. The summed E-state index contributed by atoms with van der Waals surface area (Å²) in [6.07, 6.45) is 1.42. The van der Waals surface area contributed by atoms with Crippen molar-refractivity contribution in [3.63, 3.8) is 0 Å². The molecular weight excluding hydrogens is 436 g/mol. The minimum atomic E-state index is -3.49. The van der Waals surface area contributed by atoms with Crippen molar-refractivity contribution < 1.29 is 22.6 Å². The van der Waals surface area contributed by atoms with Crippen molar-refractivity contribution in [2.75, 3.05) is 12.4 Å². The van der Waals surface area contributed by atoms with Crippen molar-refractivity contribution in [1.82, 2.24) is 4.72 Å². The number of carbonyl (C=O) groups excluding carboxylic acids is 1. The molecule has 31 heavy (non-hydrogen) atoms. The zero-order valence-electron chi connectivity index (χ0n) is 16.7. The molecule has 166 valence electrons. The van der Waals surface area contributed by atoms with Crippen molar-refractivity contribution in [3.8, 4) is 16.9 Å². The second-order valence-electron chi connectivity index (χ2n) is 7.52. The van der Waals surface area contributed by atoms with E-state index < -0.39 is 15.4 Å². The van der Waals surface area contributed by atoms with Crippen LogP contribution >= 0.6 is 11.6 Å². The topological polar surface area (TPSA) is 95.5 Å².